The van der Waals surface area contributed by atoms with Gasteiger partial charge in [0.25, 0.3) is 16.7 Å². The molecule has 0 bridgehead atoms. The van der Waals surface area contributed by atoms with Crippen LogP contribution in [-0.2, 0) is 17.4 Å². The van der Waals surface area contributed by atoms with Crippen molar-refractivity contribution < 1.29 is 29.7 Å². The first-order valence-corrected chi connectivity index (χ1v) is 25.6. The standard InChI is InChI=1S/C18H13BrN2O3S.C18H14N2O3S.C10H8N2OS.C8H7ClO2.CH4/c19-14-15(12-6-2-1-3-7-12)20-18(21-16(14)22)25-10-11-5-4-8-13(9-11)17(23)24;21-16-10-15(13-6-2-1-3-7-13)19-18(20-16)24-11-12-5-4-8-14(9-12)17(22)23;13-9-6-8(11-10(14)12-9)7-4-2-1-3-5-7;9-5-6-2-1-3-7(4-6)8(10)11;/h1-9H,10H2,(H,23,24)(H,20,21,22);1-10H,11H2,(H,22,23)(H,19,20,21);1-6H,(H2,11,12,13,14);1-4H,5H2,(H,10,11);1H4. The lowest BCUT2D eigenvalue weighted by Crippen LogP contribution is -2.11. The zero-order valence-corrected chi connectivity index (χ0v) is 43.3. The van der Waals surface area contributed by atoms with Crippen LogP contribution in [0.3, 0.4) is 0 Å². The molecule has 0 saturated heterocycles. The molecule has 3 heterocycles. The lowest BCUT2D eigenvalue weighted by Gasteiger charge is -2.07. The van der Waals surface area contributed by atoms with Crippen LogP contribution in [0.4, 0.5) is 0 Å². The van der Waals surface area contributed by atoms with Crippen molar-refractivity contribution in [2.24, 2.45) is 0 Å². The minimum absolute atomic E-state index is 0. The SMILES string of the molecule is C.O=C(O)c1cccc(CCl)c1.O=C(O)c1cccc(CSc2nc(-c3ccccc3)c(Br)c(=O)[nH]2)c1.O=C(O)c1cccc(CSc2nc(-c3ccccc3)cc(=O)[nH]2)c1.O=c1cc(-c2ccccc2)[nH]c(=S)[nH]1. The maximum absolute atomic E-state index is 12.2. The Hall–Kier alpha value is -7.94. The van der Waals surface area contributed by atoms with Crippen molar-refractivity contribution in [2.45, 2.75) is 35.1 Å². The molecule has 0 amide bonds. The number of carboxylic acids is 3. The Balaban J connectivity index is 0.000000193. The molecule has 15 nitrogen and oxygen atoms in total. The minimum Gasteiger partial charge on any atom is -0.478 e. The highest BCUT2D eigenvalue weighted by atomic mass is 79.9. The topological polar surface area (TPSA) is 252 Å². The van der Waals surface area contributed by atoms with Crippen LogP contribution < -0.4 is 16.7 Å². The van der Waals surface area contributed by atoms with Gasteiger partial charge < -0.3 is 30.3 Å². The largest absolute Gasteiger partial charge is 0.478 e. The van der Waals surface area contributed by atoms with Crippen molar-refractivity contribution in [3.8, 4) is 33.8 Å². The van der Waals surface area contributed by atoms with Crippen LogP contribution in [0, 0.1) is 4.77 Å². The molecular formula is C55H46BrClN6O9S3. The summed E-state index contributed by atoms with van der Waals surface area (Å²) in [7, 11) is 0. The number of halogens is 2. The van der Waals surface area contributed by atoms with E-state index in [1.54, 1.807) is 60.7 Å². The number of hydrogen-bond donors (Lipinski definition) is 7. The third-order valence-corrected chi connectivity index (χ3v) is 13.1. The van der Waals surface area contributed by atoms with Crippen LogP contribution >= 0.6 is 63.3 Å². The quantitative estimate of drug-likeness (QED) is 0.0245. The molecule has 0 aliphatic heterocycles. The summed E-state index contributed by atoms with van der Waals surface area (Å²) in [6.45, 7) is 0. The van der Waals surface area contributed by atoms with Gasteiger partial charge in [-0.1, -0.05) is 158 Å². The highest BCUT2D eigenvalue weighted by Gasteiger charge is 2.13. The maximum Gasteiger partial charge on any atom is 0.335 e. The molecule has 0 atom stereocenters. The average Bonchev–Trinajstić information content (AvgIpc) is 3.41. The summed E-state index contributed by atoms with van der Waals surface area (Å²) in [5.41, 5.74) is 7.21. The summed E-state index contributed by atoms with van der Waals surface area (Å²) < 4.78 is 0.729. The fraction of sp³-hybridized carbons (Fsp3) is 0.0727. The number of rotatable bonds is 13. The third-order valence-electron chi connectivity index (χ3n) is 9.95. The Labute approximate surface area is 456 Å². The van der Waals surface area contributed by atoms with E-state index in [1.807, 2.05) is 103 Å². The Kier molecular flexibility index (Phi) is 22.5. The van der Waals surface area contributed by atoms with Gasteiger partial charge in [0.1, 0.15) is 4.47 Å². The molecule has 3 aromatic heterocycles. The van der Waals surface area contributed by atoms with E-state index in [9.17, 15) is 28.8 Å². The Morgan fingerprint density at radius 1 is 0.520 bits per heavy atom. The molecule has 7 N–H and O–H groups in total. The van der Waals surface area contributed by atoms with E-state index in [0.717, 1.165) is 39.1 Å². The molecule has 20 heteroatoms. The van der Waals surface area contributed by atoms with Crippen LogP contribution in [0.25, 0.3) is 33.8 Å². The zero-order chi connectivity index (χ0) is 53.0. The van der Waals surface area contributed by atoms with E-state index in [0.29, 0.717) is 48.3 Å². The van der Waals surface area contributed by atoms with Crippen LogP contribution in [0.1, 0.15) is 55.2 Å². The number of nitrogens with zero attached hydrogens (tertiary/aromatic N) is 2. The number of nitrogens with one attached hydrogen (secondary N) is 4. The molecule has 0 aliphatic rings. The second-order valence-electron chi connectivity index (χ2n) is 15.3. The van der Waals surface area contributed by atoms with Crippen molar-refractivity contribution in [2.75, 3.05) is 0 Å². The van der Waals surface area contributed by atoms with Crippen molar-refractivity contribution >= 4 is 81.2 Å². The average molecular weight is 1150 g/mol. The van der Waals surface area contributed by atoms with Gasteiger partial charge in [-0.25, -0.2) is 24.4 Å². The predicted octanol–water partition coefficient (Wildman–Crippen LogP) is 12.5. The minimum atomic E-state index is -0.964. The fourth-order valence-electron chi connectivity index (χ4n) is 6.48. The summed E-state index contributed by atoms with van der Waals surface area (Å²) in [6.07, 6.45) is 0. The number of aromatic nitrogens is 6. The van der Waals surface area contributed by atoms with Gasteiger partial charge in [-0.3, -0.25) is 19.4 Å². The Morgan fingerprint density at radius 2 is 0.960 bits per heavy atom. The number of carbonyl (C=O) groups is 3. The first-order valence-electron chi connectivity index (χ1n) is 21.8. The highest BCUT2D eigenvalue weighted by Crippen LogP contribution is 2.27. The van der Waals surface area contributed by atoms with E-state index in [1.165, 1.54) is 35.7 Å². The monoisotopic (exact) mass is 1140 g/mol. The van der Waals surface area contributed by atoms with E-state index < -0.39 is 17.9 Å². The lowest BCUT2D eigenvalue weighted by molar-refractivity contribution is 0.0686. The van der Waals surface area contributed by atoms with Gasteiger partial charge >= 0.3 is 17.9 Å². The first-order chi connectivity index (χ1) is 35.6. The first kappa shape index (κ1) is 58.0. The molecule has 382 valence electrons. The number of aromatic carboxylic acids is 3. The molecule has 9 aromatic rings. The van der Waals surface area contributed by atoms with Gasteiger partial charge in [-0.05, 0) is 86.8 Å². The Morgan fingerprint density at radius 3 is 1.44 bits per heavy atom. The molecule has 0 spiro atoms. The van der Waals surface area contributed by atoms with Crippen LogP contribution in [0.15, 0.2) is 205 Å². The summed E-state index contributed by atoms with van der Waals surface area (Å²) in [5.74, 6) is -1.48. The normalized spacial score (nSPS) is 10.2. The summed E-state index contributed by atoms with van der Waals surface area (Å²) in [5, 5.41) is 27.6. The smallest absolute Gasteiger partial charge is 0.335 e. The molecule has 0 aliphatic carbocycles. The second-order valence-corrected chi connectivity index (χ2v) is 18.7. The van der Waals surface area contributed by atoms with Crippen LogP contribution in [-0.4, -0.2) is 63.1 Å². The second kappa shape index (κ2) is 29.1. The molecule has 75 heavy (non-hydrogen) atoms. The van der Waals surface area contributed by atoms with Crippen LogP contribution in [0.2, 0.25) is 0 Å². The number of aromatic amines is 4. The van der Waals surface area contributed by atoms with E-state index in [2.05, 4.69) is 45.8 Å². The fourth-order valence-corrected chi connectivity index (χ4v) is 8.89. The lowest BCUT2D eigenvalue weighted by atomic mass is 10.1. The van der Waals surface area contributed by atoms with Gasteiger partial charge in [0.15, 0.2) is 15.1 Å². The number of alkyl halides is 1. The highest BCUT2D eigenvalue weighted by molar-refractivity contribution is 9.10. The zero-order valence-electron chi connectivity index (χ0n) is 38.5. The summed E-state index contributed by atoms with van der Waals surface area (Å²) in [6, 6.07) is 51.4. The van der Waals surface area contributed by atoms with E-state index >= 15 is 0 Å². The van der Waals surface area contributed by atoms with Gasteiger partial charge in [0.2, 0.25) is 0 Å². The van der Waals surface area contributed by atoms with Crippen molar-refractivity contribution in [3.05, 3.63) is 250 Å². The van der Waals surface area contributed by atoms with Gasteiger partial charge in [0.05, 0.1) is 33.8 Å². The van der Waals surface area contributed by atoms with Crippen molar-refractivity contribution in [1.29, 1.82) is 0 Å². The number of carboxylic acid groups (broad SMARTS) is 3. The molecule has 0 saturated carbocycles. The molecule has 9 rings (SSSR count). The molecule has 0 fully saturated rings. The predicted molar refractivity (Wildman–Crippen MR) is 302 cm³/mol. The number of thioether (sulfide) groups is 2. The number of benzene rings is 6. The number of hydrogen-bond acceptors (Lipinski definition) is 11. The summed E-state index contributed by atoms with van der Waals surface area (Å²) >= 11 is 16.4. The maximum atomic E-state index is 12.2. The molecule has 0 unspecified atom stereocenters. The molecule has 0 radical (unpaired) electrons. The van der Waals surface area contributed by atoms with Crippen LogP contribution in [0.5, 0.6) is 0 Å². The van der Waals surface area contributed by atoms with Gasteiger partial charge in [0, 0.05) is 40.6 Å². The van der Waals surface area contributed by atoms with Gasteiger partial charge in [-0.2, -0.15) is 0 Å². The third kappa shape index (κ3) is 18.2. The van der Waals surface area contributed by atoms with Gasteiger partial charge in [-0.15, -0.1) is 11.6 Å². The van der Waals surface area contributed by atoms with E-state index in [-0.39, 0.29) is 40.8 Å². The van der Waals surface area contributed by atoms with Crippen molar-refractivity contribution in [1.82, 2.24) is 29.9 Å². The van der Waals surface area contributed by atoms with Crippen molar-refractivity contribution in [3.63, 3.8) is 0 Å². The van der Waals surface area contributed by atoms with E-state index in [4.69, 9.17) is 39.1 Å². The Bertz CT molecular complexity index is 3590. The summed E-state index contributed by atoms with van der Waals surface area (Å²) in [4.78, 5) is 87.4. The molecule has 6 aromatic carbocycles. The number of H-pyrrole nitrogens is 4. The molecular weight excluding hydrogens is 1100 g/mol.